The molecule has 0 unspecified atom stereocenters. The van der Waals surface area contributed by atoms with Gasteiger partial charge in [0.05, 0.1) is 5.56 Å². The maximum Gasteiger partial charge on any atom is 0.376 e. The Hall–Kier alpha value is -3.93. The highest BCUT2D eigenvalue weighted by Crippen LogP contribution is 2.13. The number of carboxylic acid groups (broad SMARTS) is 1. The molecule has 0 aliphatic rings. The third-order valence-electron chi connectivity index (χ3n) is 4.35. The van der Waals surface area contributed by atoms with E-state index in [0.29, 0.717) is 24.6 Å². The quantitative estimate of drug-likeness (QED) is 0.368. The van der Waals surface area contributed by atoms with Crippen molar-refractivity contribution in [3.63, 3.8) is 0 Å². The molecular weight excluding hydrogens is 370 g/mol. The third-order valence-corrected chi connectivity index (χ3v) is 4.35. The van der Waals surface area contributed by atoms with Gasteiger partial charge >= 0.3 is 5.97 Å². The zero-order chi connectivity index (χ0) is 20.8. The van der Waals surface area contributed by atoms with E-state index in [9.17, 15) is 19.5 Å². The number of carbonyl (C=O) groups excluding carboxylic acids is 1. The second kappa shape index (κ2) is 8.84. The van der Waals surface area contributed by atoms with E-state index in [2.05, 4.69) is 0 Å². The van der Waals surface area contributed by atoms with Crippen LogP contribution in [0.15, 0.2) is 83.9 Å². The number of aromatic nitrogens is 1. The monoisotopic (exact) mass is 389 g/mol. The van der Waals surface area contributed by atoms with E-state index in [1.807, 2.05) is 60.7 Å². The van der Waals surface area contributed by atoms with Crippen LogP contribution in [0, 0.1) is 0 Å². The molecule has 0 amide bonds. The van der Waals surface area contributed by atoms with Crippen LogP contribution in [0.5, 0.6) is 0 Å². The standard InChI is InChI=1S/C23H19NO5/c25-20(12-21(26)23(28)29)19-15-24(13-17-9-5-2-6-10-17)14-18(22(19)27)11-16-7-3-1-4-8-16/h1-10,12,14-15,25H,11,13H2,(H,28,29). The molecule has 6 nitrogen and oxygen atoms in total. The Morgan fingerprint density at radius 2 is 1.45 bits per heavy atom. The minimum absolute atomic E-state index is 0.121. The minimum Gasteiger partial charge on any atom is -0.507 e. The lowest BCUT2D eigenvalue weighted by molar-refractivity contribution is -0.146. The Balaban J connectivity index is 2.07. The van der Waals surface area contributed by atoms with Crippen LogP contribution in [0.4, 0.5) is 0 Å². The van der Waals surface area contributed by atoms with Gasteiger partial charge in [-0.05, 0) is 11.1 Å². The van der Waals surface area contributed by atoms with Gasteiger partial charge < -0.3 is 14.8 Å². The van der Waals surface area contributed by atoms with Crippen LogP contribution >= 0.6 is 0 Å². The first-order chi connectivity index (χ1) is 13.9. The zero-order valence-electron chi connectivity index (χ0n) is 15.5. The molecule has 0 fully saturated rings. The number of rotatable bonds is 7. The first-order valence-electron chi connectivity index (χ1n) is 8.93. The fourth-order valence-corrected chi connectivity index (χ4v) is 2.97. The largest absolute Gasteiger partial charge is 0.507 e. The van der Waals surface area contributed by atoms with Crippen molar-refractivity contribution in [2.45, 2.75) is 13.0 Å². The highest BCUT2D eigenvalue weighted by Gasteiger charge is 2.16. The first-order valence-corrected chi connectivity index (χ1v) is 8.93. The summed E-state index contributed by atoms with van der Waals surface area (Å²) in [5.74, 6) is -3.68. The number of benzene rings is 2. The van der Waals surface area contributed by atoms with Crippen LogP contribution in [-0.2, 0) is 22.6 Å². The van der Waals surface area contributed by atoms with Gasteiger partial charge in [0.15, 0.2) is 5.43 Å². The average molecular weight is 389 g/mol. The molecule has 0 saturated carbocycles. The molecule has 1 heterocycles. The number of nitrogens with zero attached hydrogens (tertiary/aromatic N) is 1. The van der Waals surface area contributed by atoms with Gasteiger partial charge in [-0.15, -0.1) is 0 Å². The fraction of sp³-hybridized carbons (Fsp3) is 0.0870. The van der Waals surface area contributed by atoms with Gasteiger partial charge in [-0.3, -0.25) is 9.59 Å². The van der Waals surface area contributed by atoms with Crippen LogP contribution in [0.25, 0.3) is 5.76 Å². The van der Waals surface area contributed by atoms with Crippen LogP contribution in [0.1, 0.15) is 22.3 Å². The van der Waals surface area contributed by atoms with Crippen molar-refractivity contribution in [1.29, 1.82) is 0 Å². The van der Waals surface area contributed by atoms with Crippen molar-refractivity contribution >= 4 is 17.5 Å². The third kappa shape index (κ3) is 5.07. The van der Waals surface area contributed by atoms with Crippen LogP contribution in [0.2, 0.25) is 0 Å². The van der Waals surface area contributed by atoms with E-state index >= 15 is 0 Å². The molecule has 1 aromatic heterocycles. The molecule has 0 radical (unpaired) electrons. The van der Waals surface area contributed by atoms with Gasteiger partial charge in [-0.2, -0.15) is 0 Å². The smallest absolute Gasteiger partial charge is 0.376 e. The molecule has 0 bridgehead atoms. The summed E-state index contributed by atoms with van der Waals surface area (Å²) >= 11 is 0. The fourth-order valence-electron chi connectivity index (χ4n) is 2.97. The lowest BCUT2D eigenvalue weighted by Crippen LogP contribution is -2.19. The molecule has 146 valence electrons. The van der Waals surface area contributed by atoms with E-state index in [0.717, 1.165) is 11.1 Å². The highest BCUT2D eigenvalue weighted by molar-refractivity contribution is 6.38. The summed E-state index contributed by atoms with van der Waals surface area (Å²) in [7, 11) is 0. The maximum atomic E-state index is 12.9. The number of hydrogen-bond acceptors (Lipinski definition) is 4. The Morgan fingerprint density at radius 1 is 0.862 bits per heavy atom. The number of aliphatic carboxylic acids is 1. The summed E-state index contributed by atoms with van der Waals surface area (Å²) in [6, 6.07) is 18.9. The van der Waals surface area contributed by atoms with Crippen molar-refractivity contribution in [2.75, 3.05) is 0 Å². The minimum atomic E-state index is -1.71. The molecule has 0 atom stereocenters. The Morgan fingerprint density at radius 3 is 2.03 bits per heavy atom. The molecule has 2 aromatic carbocycles. The summed E-state index contributed by atoms with van der Waals surface area (Å²) in [6.45, 7) is 0.441. The van der Waals surface area contributed by atoms with E-state index in [-0.39, 0.29) is 5.56 Å². The second-order valence-electron chi connectivity index (χ2n) is 6.55. The zero-order valence-corrected chi connectivity index (χ0v) is 15.5. The normalized spacial score (nSPS) is 11.2. The molecule has 3 aromatic rings. The summed E-state index contributed by atoms with van der Waals surface area (Å²) < 4.78 is 1.74. The average Bonchev–Trinajstić information content (AvgIpc) is 2.71. The van der Waals surface area contributed by atoms with Crippen molar-refractivity contribution in [3.8, 4) is 0 Å². The van der Waals surface area contributed by atoms with Gasteiger partial charge in [0.2, 0.25) is 0 Å². The number of aliphatic hydroxyl groups is 1. The highest BCUT2D eigenvalue weighted by atomic mass is 16.4. The first kappa shape index (κ1) is 19.8. The summed E-state index contributed by atoms with van der Waals surface area (Å²) in [4.78, 5) is 35.1. The molecular formula is C23H19NO5. The summed E-state index contributed by atoms with van der Waals surface area (Å²) in [5.41, 5.74) is 1.75. The van der Waals surface area contributed by atoms with E-state index < -0.39 is 22.9 Å². The van der Waals surface area contributed by atoms with Crippen molar-refractivity contribution < 1.29 is 19.8 Å². The molecule has 3 rings (SSSR count). The Labute approximate surface area is 167 Å². The SMILES string of the molecule is O=C(O)C(=O)C=C(O)c1cn(Cc2ccccc2)cc(Cc2ccccc2)c1=O. The van der Waals surface area contributed by atoms with Gasteiger partial charge in [0.25, 0.3) is 5.78 Å². The predicted molar refractivity (Wildman–Crippen MR) is 109 cm³/mol. The summed E-state index contributed by atoms with van der Waals surface area (Å²) in [6.07, 6.45) is 4.02. The van der Waals surface area contributed by atoms with Crippen LogP contribution in [-0.4, -0.2) is 26.5 Å². The lowest BCUT2D eigenvalue weighted by atomic mass is 10.0. The molecule has 0 saturated heterocycles. The van der Waals surface area contributed by atoms with Crippen molar-refractivity contribution in [1.82, 2.24) is 4.57 Å². The van der Waals surface area contributed by atoms with Crippen molar-refractivity contribution in [2.24, 2.45) is 0 Å². The van der Waals surface area contributed by atoms with Crippen LogP contribution in [0.3, 0.4) is 0 Å². The predicted octanol–water partition coefficient (Wildman–Crippen LogP) is 3.04. The molecule has 0 spiro atoms. The Bertz CT molecular complexity index is 1120. The van der Waals surface area contributed by atoms with Gasteiger partial charge in [-0.1, -0.05) is 60.7 Å². The van der Waals surface area contributed by atoms with E-state index in [4.69, 9.17) is 5.11 Å². The summed E-state index contributed by atoms with van der Waals surface area (Å²) in [5, 5.41) is 19.0. The topological polar surface area (TPSA) is 96.6 Å². The lowest BCUT2D eigenvalue weighted by Gasteiger charge is -2.12. The Kier molecular flexibility index (Phi) is 6.04. The number of carboxylic acids is 1. The van der Waals surface area contributed by atoms with Gasteiger partial charge in [0, 0.05) is 37.0 Å². The second-order valence-corrected chi connectivity index (χ2v) is 6.55. The number of aliphatic hydroxyl groups excluding tert-OH is 1. The molecule has 0 aliphatic heterocycles. The molecule has 6 heteroatoms. The van der Waals surface area contributed by atoms with E-state index in [1.54, 1.807) is 10.8 Å². The maximum absolute atomic E-state index is 12.9. The van der Waals surface area contributed by atoms with E-state index in [1.165, 1.54) is 6.20 Å². The molecule has 0 aliphatic carbocycles. The van der Waals surface area contributed by atoms with Gasteiger partial charge in [0.1, 0.15) is 5.76 Å². The molecule has 2 N–H and O–H groups in total. The van der Waals surface area contributed by atoms with Crippen molar-refractivity contribution in [3.05, 3.63) is 112 Å². The number of ketones is 1. The van der Waals surface area contributed by atoms with Crippen LogP contribution < -0.4 is 5.43 Å². The number of pyridine rings is 1. The molecule has 29 heavy (non-hydrogen) atoms. The number of hydrogen-bond donors (Lipinski definition) is 2. The van der Waals surface area contributed by atoms with Gasteiger partial charge in [-0.25, -0.2) is 4.79 Å². The number of carbonyl (C=O) groups is 2.